The predicted octanol–water partition coefficient (Wildman–Crippen LogP) is 18.4. The number of para-hydroxylation sites is 1. The molecule has 1 atom stereocenters. The minimum Gasteiger partial charge on any atom is -0.334 e. The molecule has 12 aromatic carbocycles. The quantitative estimate of drug-likeness (QED) is 0.145. The van der Waals surface area contributed by atoms with Crippen molar-refractivity contribution < 1.29 is 0 Å². The van der Waals surface area contributed by atoms with Gasteiger partial charge in [0.1, 0.15) is 0 Å². The van der Waals surface area contributed by atoms with Gasteiger partial charge in [0, 0.05) is 27.8 Å². The van der Waals surface area contributed by atoms with Crippen molar-refractivity contribution in [3.8, 4) is 27.9 Å². The van der Waals surface area contributed by atoms with E-state index in [9.17, 15) is 0 Å². The minimum absolute atomic E-state index is 0.0363. The largest absolute Gasteiger partial charge is 0.334 e. The number of hydrogen-bond acceptors (Lipinski definition) is 1. The topological polar surface area (TPSA) is 8.17 Å². The normalized spacial score (nSPS) is 13.8. The van der Waals surface area contributed by atoms with Gasteiger partial charge < -0.3 is 9.47 Å². The Morgan fingerprint density at radius 3 is 1.46 bits per heavy atom. The Hall–Kier alpha value is -8.98. The molecule has 1 aromatic heterocycles. The number of anilines is 2. The molecule has 2 nitrogen and oxygen atoms in total. The highest BCUT2D eigenvalue weighted by Gasteiger charge is 2.25. The molecule has 0 saturated heterocycles. The predicted molar refractivity (Wildman–Crippen MR) is 300 cm³/mol. The van der Waals surface area contributed by atoms with Gasteiger partial charge in [-0.05, 0) is 154 Å². The monoisotopic (exact) mass is 890 g/mol. The van der Waals surface area contributed by atoms with E-state index in [1.807, 2.05) is 0 Å². The van der Waals surface area contributed by atoms with Gasteiger partial charge in [-0.3, -0.25) is 0 Å². The molecular formula is C68H46N2. The molecule has 70 heavy (non-hydrogen) atoms. The SMILES string of the molecule is C1=CC(c2cccc3c2c2c4ccccc4ccc2n3-c2ccccc2)=CC(N(c2ccc(-c3cc4ccccc4c4ccccc34)cc2)c2ccc(-c3cc4ccccc4c4ccccc34)cc2)C1. The molecule has 0 spiro atoms. The van der Waals surface area contributed by atoms with Crippen molar-refractivity contribution in [2.75, 3.05) is 4.90 Å². The van der Waals surface area contributed by atoms with Crippen LogP contribution in [0.1, 0.15) is 12.0 Å². The number of hydrogen-bond donors (Lipinski definition) is 0. The highest BCUT2D eigenvalue weighted by Crippen LogP contribution is 2.44. The van der Waals surface area contributed by atoms with E-state index < -0.39 is 0 Å². The summed E-state index contributed by atoms with van der Waals surface area (Å²) >= 11 is 0. The molecule has 2 heteroatoms. The number of benzene rings is 12. The van der Waals surface area contributed by atoms with Gasteiger partial charge in [-0.25, -0.2) is 0 Å². The number of allylic oxidation sites excluding steroid dienone is 2. The van der Waals surface area contributed by atoms with Gasteiger partial charge in [0.2, 0.25) is 0 Å². The summed E-state index contributed by atoms with van der Waals surface area (Å²) in [6, 6.07) is 89.6. The van der Waals surface area contributed by atoms with E-state index in [4.69, 9.17) is 0 Å². The van der Waals surface area contributed by atoms with Crippen molar-refractivity contribution in [2.24, 2.45) is 0 Å². The zero-order valence-electron chi connectivity index (χ0n) is 38.5. The Bertz CT molecular complexity index is 4090. The Kier molecular flexibility index (Phi) is 9.38. The molecule has 14 rings (SSSR count). The van der Waals surface area contributed by atoms with Gasteiger partial charge in [0.05, 0.1) is 17.1 Å². The summed E-state index contributed by atoms with van der Waals surface area (Å²) in [5.41, 5.74) is 13.3. The number of aromatic nitrogens is 1. The lowest BCUT2D eigenvalue weighted by molar-refractivity contribution is 0.788. The second-order valence-corrected chi connectivity index (χ2v) is 18.7. The molecule has 0 bridgehead atoms. The first-order valence-corrected chi connectivity index (χ1v) is 24.4. The van der Waals surface area contributed by atoms with Crippen LogP contribution in [0.5, 0.6) is 0 Å². The molecule has 0 fully saturated rings. The van der Waals surface area contributed by atoms with Crippen LogP contribution < -0.4 is 4.90 Å². The molecule has 0 N–H and O–H groups in total. The first-order valence-electron chi connectivity index (χ1n) is 24.4. The fourth-order valence-electron chi connectivity index (χ4n) is 11.7. The molecule has 13 aromatic rings. The molecule has 1 heterocycles. The Labute approximate surface area is 406 Å². The van der Waals surface area contributed by atoms with Crippen LogP contribution in [0.15, 0.2) is 261 Å². The second kappa shape index (κ2) is 16.4. The molecule has 1 aliphatic carbocycles. The van der Waals surface area contributed by atoms with E-state index in [2.05, 4.69) is 270 Å². The van der Waals surface area contributed by atoms with Gasteiger partial charge in [-0.15, -0.1) is 0 Å². The van der Waals surface area contributed by atoms with Gasteiger partial charge in [-0.2, -0.15) is 0 Å². The van der Waals surface area contributed by atoms with Crippen LogP contribution in [0.3, 0.4) is 0 Å². The van der Waals surface area contributed by atoms with Crippen LogP contribution in [0.4, 0.5) is 11.4 Å². The second-order valence-electron chi connectivity index (χ2n) is 18.7. The van der Waals surface area contributed by atoms with E-state index >= 15 is 0 Å². The van der Waals surface area contributed by atoms with Crippen molar-refractivity contribution in [2.45, 2.75) is 12.5 Å². The molecule has 0 amide bonds. The molecule has 0 saturated carbocycles. The standard InChI is InChI=1S/C68H46N2/c1-2-20-51(21-3-1)70-65-31-15-30-58(68(65)67-57-25-9-4-16-45(57)36-41-66(67)70)48-19-14-22-54(42-48)69(52-37-32-46(33-38-52)63-43-49-17-5-7-23-55(49)59-26-10-12-28-61(59)63)53-39-34-47(35-40-53)64-44-50-18-6-8-24-56(50)60-27-11-13-29-62(60)64/h1-21,23-44,54H,22H2. The zero-order valence-corrected chi connectivity index (χ0v) is 38.5. The van der Waals surface area contributed by atoms with Crippen LogP contribution in [0, 0.1) is 0 Å². The molecule has 328 valence electrons. The average molecular weight is 891 g/mol. The summed E-state index contributed by atoms with van der Waals surface area (Å²) in [5, 5.41) is 15.2. The average Bonchev–Trinajstić information content (AvgIpc) is 3.79. The van der Waals surface area contributed by atoms with Crippen molar-refractivity contribution in [1.29, 1.82) is 0 Å². The third-order valence-electron chi connectivity index (χ3n) is 14.8. The lowest BCUT2D eigenvalue weighted by atomic mass is 9.91. The maximum Gasteiger partial charge on any atom is 0.0565 e. The number of nitrogens with zero attached hydrogens (tertiary/aromatic N) is 2. The van der Waals surface area contributed by atoms with E-state index in [-0.39, 0.29) is 6.04 Å². The molecule has 1 aliphatic rings. The fraction of sp³-hybridized carbons (Fsp3) is 0.0294. The zero-order chi connectivity index (χ0) is 46.1. The van der Waals surface area contributed by atoms with Crippen molar-refractivity contribution in [1.82, 2.24) is 4.57 Å². The van der Waals surface area contributed by atoms with Crippen LogP contribution in [0.2, 0.25) is 0 Å². The summed E-state index contributed by atoms with van der Waals surface area (Å²) in [6.45, 7) is 0. The summed E-state index contributed by atoms with van der Waals surface area (Å²) in [6.07, 6.45) is 8.11. The Balaban J connectivity index is 0.934. The highest BCUT2D eigenvalue weighted by atomic mass is 15.2. The van der Waals surface area contributed by atoms with Crippen LogP contribution in [-0.4, -0.2) is 10.6 Å². The van der Waals surface area contributed by atoms with Gasteiger partial charge in [-0.1, -0.05) is 200 Å². The molecule has 0 radical (unpaired) electrons. The van der Waals surface area contributed by atoms with Crippen LogP contribution >= 0.6 is 0 Å². The van der Waals surface area contributed by atoms with Crippen LogP contribution in [0.25, 0.3) is 109 Å². The van der Waals surface area contributed by atoms with E-state index in [1.54, 1.807) is 0 Å². The number of rotatable bonds is 7. The lowest BCUT2D eigenvalue weighted by Crippen LogP contribution is -2.30. The van der Waals surface area contributed by atoms with Crippen molar-refractivity contribution >= 4 is 92.6 Å². The first kappa shape index (κ1) is 40.1. The summed E-state index contributed by atoms with van der Waals surface area (Å²) in [5.74, 6) is 0. The fourth-order valence-corrected chi connectivity index (χ4v) is 11.7. The highest BCUT2D eigenvalue weighted by molar-refractivity contribution is 6.24. The summed E-state index contributed by atoms with van der Waals surface area (Å²) in [4.78, 5) is 2.55. The maximum absolute atomic E-state index is 2.55. The molecule has 1 unspecified atom stereocenters. The third kappa shape index (κ3) is 6.49. The summed E-state index contributed by atoms with van der Waals surface area (Å²) in [7, 11) is 0. The number of fused-ring (bicyclic) bond motifs is 11. The van der Waals surface area contributed by atoms with E-state index in [0.29, 0.717) is 0 Å². The Morgan fingerprint density at radius 2 is 0.857 bits per heavy atom. The Morgan fingerprint density at radius 1 is 0.357 bits per heavy atom. The third-order valence-corrected chi connectivity index (χ3v) is 14.8. The molecular weight excluding hydrogens is 845 g/mol. The van der Waals surface area contributed by atoms with Gasteiger partial charge >= 0.3 is 0 Å². The molecule has 0 aliphatic heterocycles. The van der Waals surface area contributed by atoms with Gasteiger partial charge in [0.25, 0.3) is 0 Å². The van der Waals surface area contributed by atoms with Crippen molar-refractivity contribution in [3.63, 3.8) is 0 Å². The van der Waals surface area contributed by atoms with Gasteiger partial charge in [0.15, 0.2) is 0 Å². The lowest BCUT2D eigenvalue weighted by Gasteiger charge is -2.34. The van der Waals surface area contributed by atoms with Crippen molar-refractivity contribution in [3.05, 3.63) is 266 Å². The smallest absolute Gasteiger partial charge is 0.0565 e. The first-order chi connectivity index (χ1) is 34.7. The van der Waals surface area contributed by atoms with E-state index in [0.717, 1.165) is 23.5 Å². The van der Waals surface area contributed by atoms with Crippen LogP contribution in [-0.2, 0) is 0 Å². The summed E-state index contributed by atoms with van der Waals surface area (Å²) < 4.78 is 2.44. The minimum atomic E-state index is 0.0363. The van der Waals surface area contributed by atoms with E-state index in [1.165, 1.54) is 109 Å². The maximum atomic E-state index is 2.55.